The third-order valence-corrected chi connectivity index (χ3v) is 3.13. The van der Waals surface area contributed by atoms with Crippen LogP contribution in [0.1, 0.15) is 29.1 Å². The van der Waals surface area contributed by atoms with E-state index in [1.807, 2.05) is 31.2 Å². The minimum atomic E-state index is -0.149. The second-order valence-electron chi connectivity index (χ2n) is 3.69. The number of benzene rings is 1. The Kier molecular flexibility index (Phi) is 3.64. The highest BCUT2D eigenvalue weighted by Crippen LogP contribution is 2.18. The topological polar surface area (TPSA) is 42.2 Å². The molecule has 1 aromatic carbocycles. The molecule has 1 heterocycles. The molecule has 1 N–H and O–H groups in total. The first kappa shape index (κ1) is 11.9. The largest absolute Gasteiger partial charge is 0.467 e. The van der Waals surface area contributed by atoms with Crippen LogP contribution in [-0.4, -0.2) is 5.91 Å². The fourth-order valence-corrected chi connectivity index (χ4v) is 1.99. The van der Waals surface area contributed by atoms with Crippen LogP contribution in [0.3, 0.4) is 0 Å². The van der Waals surface area contributed by atoms with E-state index in [2.05, 4.69) is 21.2 Å². The molecule has 0 spiro atoms. The number of nitrogens with one attached hydrogen (secondary N) is 1. The van der Waals surface area contributed by atoms with Crippen LogP contribution in [0, 0.1) is 0 Å². The molecule has 0 aliphatic rings. The SMILES string of the molecule is CC(NC(=O)c1ccccc1Br)c1ccco1. The van der Waals surface area contributed by atoms with Crippen molar-refractivity contribution in [1.29, 1.82) is 0 Å². The third kappa shape index (κ3) is 2.77. The number of rotatable bonds is 3. The van der Waals surface area contributed by atoms with Crippen molar-refractivity contribution in [3.63, 3.8) is 0 Å². The van der Waals surface area contributed by atoms with E-state index in [4.69, 9.17) is 4.42 Å². The van der Waals surface area contributed by atoms with Crippen LogP contribution in [0.2, 0.25) is 0 Å². The van der Waals surface area contributed by atoms with Gasteiger partial charge >= 0.3 is 0 Å². The van der Waals surface area contributed by atoms with Gasteiger partial charge in [0.05, 0.1) is 17.9 Å². The minimum absolute atomic E-state index is 0.124. The molecular weight excluding hydrogens is 282 g/mol. The van der Waals surface area contributed by atoms with Gasteiger partial charge in [0.15, 0.2) is 0 Å². The summed E-state index contributed by atoms with van der Waals surface area (Å²) in [6.07, 6.45) is 1.59. The predicted molar refractivity (Wildman–Crippen MR) is 68.7 cm³/mol. The van der Waals surface area contributed by atoms with Crippen LogP contribution in [0.15, 0.2) is 51.6 Å². The van der Waals surface area contributed by atoms with Gasteiger partial charge < -0.3 is 9.73 Å². The number of hydrogen-bond acceptors (Lipinski definition) is 2. The van der Waals surface area contributed by atoms with Crippen LogP contribution in [-0.2, 0) is 0 Å². The molecule has 1 amide bonds. The fourth-order valence-electron chi connectivity index (χ4n) is 1.53. The van der Waals surface area contributed by atoms with Crippen molar-refractivity contribution in [2.24, 2.45) is 0 Å². The lowest BCUT2D eigenvalue weighted by atomic mass is 10.2. The second kappa shape index (κ2) is 5.19. The average molecular weight is 294 g/mol. The Balaban J connectivity index is 2.10. The molecule has 3 nitrogen and oxygen atoms in total. The van der Waals surface area contributed by atoms with Crippen LogP contribution in [0.4, 0.5) is 0 Å². The van der Waals surface area contributed by atoms with E-state index < -0.39 is 0 Å². The number of hydrogen-bond donors (Lipinski definition) is 1. The Hall–Kier alpha value is -1.55. The van der Waals surface area contributed by atoms with Gasteiger partial charge in [0.25, 0.3) is 5.91 Å². The summed E-state index contributed by atoms with van der Waals surface area (Å²) < 4.78 is 6.02. The van der Waals surface area contributed by atoms with E-state index in [0.29, 0.717) is 5.56 Å². The summed E-state index contributed by atoms with van der Waals surface area (Å²) in [5.74, 6) is 0.617. The van der Waals surface area contributed by atoms with E-state index in [0.717, 1.165) is 10.2 Å². The molecule has 2 aromatic rings. The van der Waals surface area contributed by atoms with E-state index in [-0.39, 0.29) is 11.9 Å². The van der Waals surface area contributed by atoms with Gasteiger partial charge in [0, 0.05) is 4.47 Å². The van der Waals surface area contributed by atoms with Crippen molar-refractivity contribution < 1.29 is 9.21 Å². The zero-order chi connectivity index (χ0) is 12.3. The predicted octanol–water partition coefficient (Wildman–Crippen LogP) is 3.53. The van der Waals surface area contributed by atoms with Crippen molar-refractivity contribution in [3.05, 3.63) is 58.5 Å². The molecule has 1 aromatic heterocycles. The maximum absolute atomic E-state index is 12.0. The first-order valence-electron chi connectivity index (χ1n) is 5.27. The first-order valence-corrected chi connectivity index (χ1v) is 6.06. The Morgan fingerprint density at radius 1 is 1.29 bits per heavy atom. The van der Waals surface area contributed by atoms with Crippen LogP contribution >= 0.6 is 15.9 Å². The van der Waals surface area contributed by atoms with Gasteiger partial charge in [0.1, 0.15) is 5.76 Å². The maximum Gasteiger partial charge on any atom is 0.253 e. The van der Waals surface area contributed by atoms with Crippen molar-refractivity contribution in [2.45, 2.75) is 13.0 Å². The van der Waals surface area contributed by atoms with Gasteiger partial charge in [-0.3, -0.25) is 4.79 Å². The van der Waals surface area contributed by atoms with Crippen LogP contribution in [0.25, 0.3) is 0 Å². The molecule has 1 atom stereocenters. The summed E-state index contributed by atoms with van der Waals surface area (Å²) >= 11 is 3.35. The lowest BCUT2D eigenvalue weighted by Gasteiger charge is -2.12. The molecule has 4 heteroatoms. The second-order valence-corrected chi connectivity index (χ2v) is 4.54. The Morgan fingerprint density at radius 2 is 2.06 bits per heavy atom. The molecule has 0 fully saturated rings. The molecule has 0 saturated heterocycles. The summed E-state index contributed by atoms with van der Waals surface area (Å²) in [4.78, 5) is 12.0. The van der Waals surface area contributed by atoms with Crippen LogP contribution < -0.4 is 5.32 Å². The Labute approximate surface area is 108 Å². The summed E-state index contributed by atoms with van der Waals surface area (Å²) in [6.45, 7) is 1.88. The summed E-state index contributed by atoms with van der Waals surface area (Å²) in [7, 11) is 0. The van der Waals surface area contributed by atoms with Gasteiger partial charge in [-0.05, 0) is 47.1 Å². The lowest BCUT2D eigenvalue weighted by Crippen LogP contribution is -2.26. The molecular formula is C13H12BrNO2. The maximum atomic E-state index is 12.0. The monoisotopic (exact) mass is 293 g/mol. The number of carbonyl (C=O) groups is 1. The van der Waals surface area contributed by atoms with Gasteiger partial charge in [-0.15, -0.1) is 0 Å². The van der Waals surface area contributed by atoms with E-state index in [1.54, 1.807) is 18.4 Å². The number of halogens is 1. The smallest absolute Gasteiger partial charge is 0.253 e. The molecule has 0 aliphatic carbocycles. The normalized spacial score (nSPS) is 12.1. The van der Waals surface area contributed by atoms with Crippen molar-refractivity contribution in [1.82, 2.24) is 5.32 Å². The van der Waals surface area contributed by atoms with Crippen molar-refractivity contribution >= 4 is 21.8 Å². The molecule has 0 bridgehead atoms. The lowest BCUT2D eigenvalue weighted by molar-refractivity contribution is 0.0934. The average Bonchev–Trinajstić information content (AvgIpc) is 2.82. The Bertz CT molecular complexity index is 508. The van der Waals surface area contributed by atoms with E-state index in [1.165, 1.54) is 0 Å². The molecule has 2 rings (SSSR count). The molecule has 0 radical (unpaired) electrons. The van der Waals surface area contributed by atoms with Crippen LogP contribution in [0.5, 0.6) is 0 Å². The third-order valence-electron chi connectivity index (χ3n) is 2.44. The van der Waals surface area contributed by atoms with E-state index in [9.17, 15) is 4.79 Å². The van der Waals surface area contributed by atoms with Gasteiger partial charge in [-0.1, -0.05) is 12.1 Å². The van der Waals surface area contributed by atoms with Gasteiger partial charge in [-0.2, -0.15) is 0 Å². The molecule has 0 saturated carbocycles. The summed E-state index contributed by atoms with van der Waals surface area (Å²) in [5.41, 5.74) is 0.617. The fraction of sp³-hybridized carbons (Fsp3) is 0.154. The van der Waals surface area contributed by atoms with Crippen molar-refractivity contribution in [3.8, 4) is 0 Å². The van der Waals surface area contributed by atoms with Crippen molar-refractivity contribution in [2.75, 3.05) is 0 Å². The quantitative estimate of drug-likeness (QED) is 0.941. The van der Waals surface area contributed by atoms with Gasteiger partial charge in [0.2, 0.25) is 0 Å². The zero-order valence-corrected chi connectivity index (χ0v) is 10.9. The van der Waals surface area contributed by atoms with Gasteiger partial charge in [-0.25, -0.2) is 0 Å². The molecule has 1 unspecified atom stereocenters. The highest BCUT2D eigenvalue weighted by molar-refractivity contribution is 9.10. The summed E-state index contributed by atoms with van der Waals surface area (Å²) in [5, 5.41) is 2.88. The zero-order valence-electron chi connectivity index (χ0n) is 9.31. The molecule has 88 valence electrons. The first-order chi connectivity index (χ1) is 8.18. The number of furan rings is 1. The van der Waals surface area contributed by atoms with E-state index >= 15 is 0 Å². The number of carbonyl (C=O) groups excluding carboxylic acids is 1. The summed E-state index contributed by atoms with van der Waals surface area (Å²) in [6, 6.07) is 10.8. The Morgan fingerprint density at radius 3 is 2.71 bits per heavy atom. The molecule has 17 heavy (non-hydrogen) atoms. The standard InChI is InChI=1S/C13H12BrNO2/c1-9(12-7-4-8-17-12)15-13(16)10-5-2-3-6-11(10)14/h2-9H,1H3,(H,15,16). The molecule has 0 aliphatic heterocycles. The highest BCUT2D eigenvalue weighted by atomic mass is 79.9. The number of amides is 1. The highest BCUT2D eigenvalue weighted by Gasteiger charge is 2.14. The minimum Gasteiger partial charge on any atom is -0.467 e.